The van der Waals surface area contributed by atoms with E-state index in [4.69, 9.17) is 17.3 Å². The molecule has 1 aromatic rings. The zero-order valence-corrected chi connectivity index (χ0v) is 14.5. The van der Waals surface area contributed by atoms with E-state index in [1.54, 1.807) is 6.92 Å². The summed E-state index contributed by atoms with van der Waals surface area (Å²) in [6.45, 7) is 3.12. The van der Waals surface area contributed by atoms with Gasteiger partial charge in [0, 0.05) is 13.0 Å². The fourth-order valence-corrected chi connectivity index (χ4v) is 3.35. The molecule has 132 valence electrons. The monoisotopic (exact) mass is 343 g/mol. The molecule has 0 aromatic heterocycles. The van der Waals surface area contributed by atoms with Gasteiger partial charge in [0.25, 0.3) is 0 Å². The lowest BCUT2D eigenvalue weighted by Crippen LogP contribution is -2.44. The Kier molecular flexibility index (Phi) is 6.23. The minimum Gasteiger partial charge on any atom is -0.462 e. The third-order valence-corrected chi connectivity index (χ3v) is 4.64. The van der Waals surface area contributed by atoms with Gasteiger partial charge in [-0.25, -0.2) is 0 Å². The highest BCUT2D eigenvalue weighted by Crippen LogP contribution is 2.44. The summed E-state index contributed by atoms with van der Waals surface area (Å²) in [5, 5.41) is 2.62. The molecule has 2 radical (unpaired) electrons. The van der Waals surface area contributed by atoms with Crippen LogP contribution in [-0.2, 0) is 25.7 Å². The number of carbonyl (C=O) groups is 3. The van der Waals surface area contributed by atoms with E-state index in [2.05, 4.69) is 5.32 Å². The van der Waals surface area contributed by atoms with Gasteiger partial charge in [0.05, 0.1) is 0 Å². The summed E-state index contributed by atoms with van der Waals surface area (Å²) < 4.78 is 10.8. The van der Waals surface area contributed by atoms with Crippen molar-refractivity contribution in [2.24, 2.45) is 5.41 Å². The Hall–Kier alpha value is -2.31. The summed E-state index contributed by atoms with van der Waals surface area (Å²) >= 11 is 0. The fraction of sp³-hybridized carbons (Fsp3) is 0.500. The lowest BCUT2D eigenvalue weighted by molar-refractivity contribution is -0.172. The molecular formula is C18H22BNO5. The van der Waals surface area contributed by atoms with E-state index in [1.165, 1.54) is 6.92 Å². The van der Waals surface area contributed by atoms with Crippen LogP contribution < -0.4 is 5.32 Å². The highest BCUT2D eigenvalue weighted by atomic mass is 16.6. The normalized spacial score (nSPS) is 23.5. The van der Waals surface area contributed by atoms with Crippen molar-refractivity contribution in [1.82, 2.24) is 5.32 Å². The largest absolute Gasteiger partial charge is 0.462 e. The van der Waals surface area contributed by atoms with E-state index in [1.807, 2.05) is 30.3 Å². The second-order valence-electron chi connectivity index (χ2n) is 6.42. The molecule has 0 heterocycles. The lowest BCUT2D eigenvalue weighted by Gasteiger charge is -2.32. The first kappa shape index (κ1) is 19.0. The topological polar surface area (TPSA) is 81.7 Å². The molecule has 6 nitrogen and oxygen atoms in total. The Bertz CT molecular complexity index is 636. The van der Waals surface area contributed by atoms with Gasteiger partial charge < -0.3 is 14.8 Å². The Balaban J connectivity index is 2.12. The molecule has 25 heavy (non-hydrogen) atoms. The van der Waals surface area contributed by atoms with Crippen LogP contribution in [-0.4, -0.2) is 37.7 Å². The van der Waals surface area contributed by atoms with Crippen LogP contribution in [0.2, 0.25) is 0 Å². The molecule has 1 saturated carbocycles. The van der Waals surface area contributed by atoms with E-state index in [-0.39, 0.29) is 12.6 Å². The van der Waals surface area contributed by atoms with E-state index in [0.29, 0.717) is 19.3 Å². The molecule has 7 heteroatoms. The van der Waals surface area contributed by atoms with E-state index in [9.17, 15) is 14.4 Å². The van der Waals surface area contributed by atoms with Gasteiger partial charge in [-0.3, -0.25) is 14.4 Å². The average molecular weight is 343 g/mol. The third-order valence-electron chi connectivity index (χ3n) is 4.64. The summed E-state index contributed by atoms with van der Waals surface area (Å²) in [5.41, 5.74) is -0.121. The Labute approximate surface area is 148 Å². The quantitative estimate of drug-likeness (QED) is 0.632. The Morgan fingerprint density at radius 2 is 2.00 bits per heavy atom. The first-order chi connectivity index (χ1) is 11.8. The SMILES string of the molecule is [B]C(=O)N[C@@H]1CC[C@@](C(=O)OCc2ccccc2)(C(C)OC(C)=O)C1. The number of esters is 2. The number of carbonyl (C=O) groups excluding carboxylic acids is 3. The van der Waals surface area contributed by atoms with E-state index in [0.717, 1.165) is 5.56 Å². The molecule has 1 unspecified atom stereocenters. The van der Waals surface area contributed by atoms with Crippen LogP contribution in [0.15, 0.2) is 30.3 Å². The predicted molar refractivity (Wildman–Crippen MR) is 91.8 cm³/mol. The van der Waals surface area contributed by atoms with Crippen LogP contribution >= 0.6 is 0 Å². The molecular weight excluding hydrogens is 321 g/mol. The molecule has 1 amide bonds. The van der Waals surface area contributed by atoms with Gasteiger partial charge in [0.15, 0.2) is 5.81 Å². The van der Waals surface area contributed by atoms with Crippen LogP contribution in [0, 0.1) is 5.41 Å². The first-order valence-corrected chi connectivity index (χ1v) is 8.28. The number of amides is 1. The molecule has 1 fully saturated rings. The van der Waals surface area contributed by atoms with E-state index >= 15 is 0 Å². The number of hydrogen-bond donors (Lipinski definition) is 1. The van der Waals surface area contributed by atoms with Gasteiger partial charge in [-0.1, -0.05) is 30.3 Å². The van der Waals surface area contributed by atoms with Gasteiger partial charge in [-0.2, -0.15) is 0 Å². The molecule has 3 atom stereocenters. The standard InChI is InChI=1S/C18H22BNO5/c1-12(25-13(2)21)18(9-8-15(10-18)20-17(19)23)16(22)24-11-14-6-4-3-5-7-14/h3-7,12,15H,8-11H2,1-2H3,(H,20,23)/t12?,15-,18+/m1/s1. The van der Waals surface area contributed by atoms with Gasteiger partial charge in [0.2, 0.25) is 7.85 Å². The molecule has 0 aliphatic heterocycles. The van der Waals surface area contributed by atoms with Crippen molar-refractivity contribution in [3.8, 4) is 0 Å². The molecule has 1 aliphatic rings. The third kappa shape index (κ3) is 4.84. The van der Waals surface area contributed by atoms with Crippen molar-refractivity contribution in [2.75, 3.05) is 0 Å². The van der Waals surface area contributed by atoms with Crippen LogP contribution in [0.5, 0.6) is 0 Å². The first-order valence-electron chi connectivity index (χ1n) is 8.28. The van der Waals surface area contributed by atoms with E-state index < -0.39 is 29.3 Å². The molecule has 1 aromatic carbocycles. The molecule has 2 rings (SSSR count). The van der Waals surface area contributed by atoms with Crippen LogP contribution in [0.3, 0.4) is 0 Å². The van der Waals surface area contributed by atoms with Gasteiger partial charge in [-0.05, 0) is 31.7 Å². The second kappa shape index (κ2) is 8.18. The van der Waals surface area contributed by atoms with Crippen LogP contribution in [0.4, 0.5) is 4.79 Å². The Morgan fingerprint density at radius 1 is 1.32 bits per heavy atom. The van der Waals surface area contributed by atoms with Crippen molar-refractivity contribution >= 4 is 25.6 Å². The Morgan fingerprint density at radius 3 is 2.60 bits per heavy atom. The second-order valence-corrected chi connectivity index (χ2v) is 6.42. The number of hydrogen-bond acceptors (Lipinski definition) is 5. The summed E-state index contributed by atoms with van der Waals surface area (Å²) in [6, 6.07) is 9.08. The highest BCUT2D eigenvalue weighted by molar-refractivity contribution is 6.57. The van der Waals surface area contributed by atoms with Crippen molar-refractivity contribution in [3.05, 3.63) is 35.9 Å². The maximum atomic E-state index is 12.8. The smallest absolute Gasteiger partial charge is 0.316 e. The van der Waals surface area contributed by atoms with Crippen LogP contribution in [0.25, 0.3) is 0 Å². The minimum atomic E-state index is -0.992. The zero-order chi connectivity index (χ0) is 18.4. The van der Waals surface area contributed by atoms with Gasteiger partial charge in [0.1, 0.15) is 18.1 Å². The van der Waals surface area contributed by atoms with Crippen LogP contribution in [0.1, 0.15) is 38.7 Å². The maximum absolute atomic E-state index is 12.8. The number of rotatable bonds is 6. The summed E-state index contributed by atoms with van der Waals surface area (Å²) in [7, 11) is 5.18. The highest BCUT2D eigenvalue weighted by Gasteiger charge is 2.52. The van der Waals surface area contributed by atoms with Crippen molar-refractivity contribution in [3.63, 3.8) is 0 Å². The maximum Gasteiger partial charge on any atom is 0.316 e. The summed E-state index contributed by atoms with van der Waals surface area (Å²) in [4.78, 5) is 35.3. The predicted octanol–water partition coefficient (Wildman–Crippen LogP) is 2.10. The van der Waals surface area contributed by atoms with Crippen molar-refractivity contribution in [1.29, 1.82) is 0 Å². The molecule has 1 aliphatic carbocycles. The van der Waals surface area contributed by atoms with Crippen molar-refractivity contribution < 1.29 is 23.9 Å². The summed E-state index contributed by atoms with van der Waals surface area (Å²) in [6.07, 6.45) is 0.667. The number of ether oxygens (including phenoxy) is 2. The fourth-order valence-electron chi connectivity index (χ4n) is 3.35. The number of benzene rings is 1. The zero-order valence-electron chi connectivity index (χ0n) is 14.5. The van der Waals surface area contributed by atoms with Crippen molar-refractivity contribution in [2.45, 2.75) is 51.9 Å². The molecule has 1 N–H and O–H groups in total. The molecule has 0 spiro atoms. The lowest BCUT2D eigenvalue weighted by atomic mass is 9.80. The summed E-state index contributed by atoms with van der Waals surface area (Å²) in [5.74, 6) is -1.54. The van der Waals surface area contributed by atoms with Gasteiger partial charge >= 0.3 is 11.9 Å². The average Bonchev–Trinajstić information content (AvgIpc) is 2.97. The van der Waals surface area contributed by atoms with Gasteiger partial charge in [-0.15, -0.1) is 0 Å². The molecule has 0 bridgehead atoms. The molecule has 0 saturated heterocycles. The number of nitrogens with one attached hydrogen (secondary N) is 1. The minimum absolute atomic E-state index is 0.141.